The van der Waals surface area contributed by atoms with Crippen molar-refractivity contribution in [2.45, 2.75) is 31.7 Å². The molecule has 0 unspecified atom stereocenters. The van der Waals surface area contributed by atoms with Crippen molar-refractivity contribution < 1.29 is 38.5 Å². The van der Waals surface area contributed by atoms with Crippen LogP contribution in [-0.2, 0) is 29.6 Å². The first-order chi connectivity index (χ1) is 14.3. The van der Waals surface area contributed by atoms with E-state index >= 15 is 0 Å². The Balaban J connectivity index is 2.46. The molecule has 1 aromatic carbocycles. The molecule has 0 radical (unpaired) electrons. The van der Waals surface area contributed by atoms with E-state index < -0.39 is 36.5 Å². The zero-order chi connectivity index (χ0) is 22.3. The van der Waals surface area contributed by atoms with Crippen LogP contribution in [0.5, 0.6) is 11.5 Å². The summed E-state index contributed by atoms with van der Waals surface area (Å²) in [6.07, 6.45) is 0.298. The number of esters is 2. The van der Waals surface area contributed by atoms with Crippen molar-refractivity contribution in [3.8, 4) is 11.5 Å². The third-order valence-electron chi connectivity index (χ3n) is 4.43. The van der Waals surface area contributed by atoms with E-state index in [9.17, 15) is 24.3 Å². The molecule has 10 nitrogen and oxygen atoms in total. The van der Waals surface area contributed by atoms with Gasteiger partial charge in [0.2, 0.25) is 12.3 Å². The first kappa shape index (κ1) is 23.3. The van der Waals surface area contributed by atoms with Gasteiger partial charge in [-0.2, -0.15) is 11.8 Å². The smallest absolute Gasteiger partial charge is 0.339 e. The number of carbonyl (C=O) groups is 4. The summed E-state index contributed by atoms with van der Waals surface area (Å²) in [6, 6.07) is -0.802. The van der Waals surface area contributed by atoms with Gasteiger partial charge in [-0.3, -0.25) is 9.59 Å². The van der Waals surface area contributed by atoms with Gasteiger partial charge >= 0.3 is 11.9 Å². The molecule has 2 rings (SSSR count). The summed E-state index contributed by atoms with van der Waals surface area (Å²) in [6.45, 7) is 2.95. The van der Waals surface area contributed by atoms with Crippen molar-refractivity contribution in [1.82, 2.24) is 10.6 Å². The number of rotatable bonds is 5. The van der Waals surface area contributed by atoms with Crippen LogP contribution in [0.4, 0.5) is 0 Å². The van der Waals surface area contributed by atoms with Crippen molar-refractivity contribution in [3.63, 3.8) is 0 Å². The second kappa shape index (κ2) is 10.7. The average Bonchev–Trinajstić information content (AvgIpc) is 2.71. The number of phenolic OH excluding ortho intramolecular Hbond substituents is 1. The summed E-state index contributed by atoms with van der Waals surface area (Å²) in [4.78, 5) is 48.4. The number of cyclic esters (lactones) is 1. The van der Waals surface area contributed by atoms with E-state index in [2.05, 4.69) is 10.6 Å². The highest BCUT2D eigenvalue weighted by Crippen LogP contribution is 2.35. The quantitative estimate of drug-likeness (QED) is 0.435. The summed E-state index contributed by atoms with van der Waals surface area (Å²) >= 11 is 1.21. The van der Waals surface area contributed by atoms with Crippen molar-refractivity contribution in [3.05, 3.63) is 22.8 Å². The Labute approximate surface area is 177 Å². The number of methoxy groups -OCH3 is 1. The molecular formula is C19H24N2O8S. The Morgan fingerprint density at radius 3 is 2.83 bits per heavy atom. The summed E-state index contributed by atoms with van der Waals surface area (Å²) < 4.78 is 15.4. The van der Waals surface area contributed by atoms with Crippen LogP contribution < -0.4 is 15.4 Å². The normalized spacial score (nSPS) is 19.8. The second-order valence-corrected chi connectivity index (χ2v) is 7.37. The minimum Gasteiger partial charge on any atom is -0.507 e. The standard InChI is InChI=1S/C19H24N2O8S/c1-4-28-18(25)13-8-30-7-11-14(23)5-15(27-3)10(2)16(11)19(26)29-6-12(20-9-22)17(24)21-13/h5,9,12-13,23H,4,6-8H2,1-3H3,(H,20,22)(H,21,24)/t12-,13-/m0/s1. The van der Waals surface area contributed by atoms with Crippen molar-refractivity contribution in [2.75, 3.05) is 26.1 Å². The molecule has 1 aliphatic rings. The van der Waals surface area contributed by atoms with E-state index in [1.165, 1.54) is 24.9 Å². The lowest BCUT2D eigenvalue weighted by Gasteiger charge is -2.23. The van der Waals surface area contributed by atoms with Gasteiger partial charge in [-0.05, 0) is 13.8 Å². The number of thioether (sulfide) groups is 1. The highest BCUT2D eigenvalue weighted by Gasteiger charge is 2.30. The van der Waals surface area contributed by atoms with Crippen LogP contribution in [-0.4, -0.2) is 67.5 Å². The number of hydrogen-bond acceptors (Lipinski definition) is 9. The molecule has 0 spiro atoms. The number of carbonyl (C=O) groups excluding carboxylic acids is 4. The maximum atomic E-state index is 12.8. The Morgan fingerprint density at radius 2 is 2.20 bits per heavy atom. The van der Waals surface area contributed by atoms with Crippen molar-refractivity contribution >= 4 is 36.0 Å². The predicted molar refractivity (Wildman–Crippen MR) is 107 cm³/mol. The highest BCUT2D eigenvalue weighted by molar-refractivity contribution is 7.98. The Morgan fingerprint density at radius 1 is 1.47 bits per heavy atom. The molecular weight excluding hydrogens is 416 g/mol. The molecule has 1 heterocycles. The third-order valence-corrected chi connectivity index (χ3v) is 5.49. The van der Waals surface area contributed by atoms with Crippen molar-refractivity contribution in [2.24, 2.45) is 0 Å². The first-order valence-corrected chi connectivity index (χ1v) is 10.3. The molecule has 2 atom stereocenters. The number of ether oxygens (including phenoxy) is 3. The molecule has 3 N–H and O–H groups in total. The molecule has 0 saturated carbocycles. The number of hydrogen-bond donors (Lipinski definition) is 3. The molecule has 0 aromatic heterocycles. The highest BCUT2D eigenvalue weighted by atomic mass is 32.2. The Hall–Kier alpha value is -2.95. The molecule has 1 aliphatic heterocycles. The van der Waals surface area contributed by atoms with Crippen LogP contribution in [0, 0.1) is 6.92 Å². The van der Waals surface area contributed by atoms with Gasteiger partial charge in [-0.25, -0.2) is 9.59 Å². The third kappa shape index (κ3) is 5.35. The van der Waals surface area contributed by atoms with Crippen LogP contribution >= 0.6 is 11.8 Å². The van der Waals surface area contributed by atoms with Crippen molar-refractivity contribution in [1.29, 1.82) is 0 Å². The number of fused-ring (bicyclic) bond motifs is 1. The molecule has 0 saturated heterocycles. The van der Waals surface area contributed by atoms with Gasteiger partial charge in [0.1, 0.15) is 30.2 Å². The van der Waals surface area contributed by atoms with Crippen LogP contribution in [0.15, 0.2) is 6.07 Å². The molecule has 0 aliphatic carbocycles. The van der Waals surface area contributed by atoms with Gasteiger partial charge in [0.25, 0.3) is 0 Å². The fourth-order valence-corrected chi connectivity index (χ4v) is 3.98. The largest absolute Gasteiger partial charge is 0.507 e. The molecule has 2 amide bonds. The molecule has 164 valence electrons. The van der Waals surface area contributed by atoms with E-state index in [0.717, 1.165) is 0 Å². The lowest BCUT2D eigenvalue weighted by Crippen LogP contribution is -2.53. The van der Waals surface area contributed by atoms with Crippen LogP contribution in [0.25, 0.3) is 0 Å². The zero-order valence-corrected chi connectivity index (χ0v) is 17.7. The zero-order valence-electron chi connectivity index (χ0n) is 16.9. The summed E-state index contributed by atoms with van der Waals surface area (Å²) in [5.41, 5.74) is 0.884. The first-order valence-electron chi connectivity index (χ1n) is 9.14. The predicted octanol–water partition coefficient (Wildman–Crippen LogP) is 0.275. The summed E-state index contributed by atoms with van der Waals surface area (Å²) in [5.74, 6) is -1.67. The molecule has 0 bridgehead atoms. The minimum atomic E-state index is -1.21. The van der Waals surface area contributed by atoms with E-state index in [1.54, 1.807) is 13.8 Å². The number of phenols is 1. The minimum absolute atomic E-state index is 0.109. The van der Waals surface area contributed by atoms with Crippen LogP contribution in [0.2, 0.25) is 0 Å². The fraction of sp³-hybridized carbons (Fsp3) is 0.474. The lowest BCUT2D eigenvalue weighted by molar-refractivity contribution is -0.147. The average molecular weight is 440 g/mol. The fourth-order valence-electron chi connectivity index (χ4n) is 2.91. The monoisotopic (exact) mass is 440 g/mol. The lowest BCUT2D eigenvalue weighted by atomic mass is 10.0. The van der Waals surface area contributed by atoms with Gasteiger partial charge in [0.15, 0.2) is 0 Å². The second-order valence-electron chi connectivity index (χ2n) is 6.34. The summed E-state index contributed by atoms with van der Waals surface area (Å²) in [7, 11) is 1.40. The molecule has 0 fully saturated rings. The van der Waals surface area contributed by atoms with Crippen LogP contribution in [0.3, 0.4) is 0 Å². The maximum absolute atomic E-state index is 12.8. The van der Waals surface area contributed by atoms with E-state index in [4.69, 9.17) is 14.2 Å². The topological polar surface area (TPSA) is 140 Å². The van der Waals surface area contributed by atoms with E-state index in [-0.39, 0.29) is 29.4 Å². The Kier molecular flexibility index (Phi) is 8.34. The number of nitrogens with one attached hydrogen (secondary N) is 2. The van der Waals surface area contributed by atoms with E-state index in [1.807, 2.05) is 0 Å². The van der Waals surface area contributed by atoms with Gasteiger partial charge in [0, 0.05) is 28.7 Å². The molecule has 1 aromatic rings. The molecule has 30 heavy (non-hydrogen) atoms. The van der Waals surface area contributed by atoms with Gasteiger partial charge in [0.05, 0.1) is 19.3 Å². The van der Waals surface area contributed by atoms with Gasteiger partial charge in [-0.1, -0.05) is 0 Å². The Bertz CT molecular complexity index is 829. The summed E-state index contributed by atoms with van der Waals surface area (Å²) in [5, 5.41) is 15.2. The number of amides is 2. The van der Waals surface area contributed by atoms with Crippen LogP contribution in [0.1, 0.15) is 28.4 Å². The molecule has 11 heteroatoms. The van der Waals surface area contributed by atoms with Gasteiger partial charge < -0.3 is 30.0 Å². The number of aromatic hydroxyl groups is 1. The SMILES string of the molecule is CCOC(=O)[C@@H]1CSCc2c(O)cc(OC)c(C)c2C(=O)OC[C@H](NC=O)C(=O)N1. The maximum Gasteiger partial charge on any atom is 0.339 e. The van der Waals surface area contributed by atoms with E-state index in [0.29, 0.717) is 23.3 Å². The number of benzene rings is 1. The van der Waals surface area contributed by atoms with Gasteiger partial charge in [-0.15, -0.1) is 0 Å².